The highest BCUT2D eigenvalue weighted by molar-refractivity contribution is 7.89. The lowest BCUT2D eigenvalue weighted by Gasteiger charge is -2.17. The van der Waals surface area contributed by atoms with E-state index in [-0.39, 0.29) is 22.1 Å². The largest absolute Gasteiger partial charge is 0.462 e. The van der Waals surface area contributed by atoms with E-state index in [1.807, 2.05) is 6.07 Å². The molecule has 0 atom stereocenters. The van der Waals surface area contributed by atoms with Crippen molar-refractivity contribution in [2.45, 2.75) is 30.6 Å². The van der Waals surface area contributed by atoms with Crippen LogP contribution >= 0.6 is 11.6 Å². The molecule has 0 saturated carbocycles. The third kappa shape index (κ3) is 4.22. The first-order valence-electron chi connectivity index (χ1n) is 7.30. The standard InChI is InChI=1S/C15H17ClN2O4S/c16-13-6-5-12(15(19)22-10-4-1-7-17)11-14(13)23(20,21)18-8-2-3-9-18/h5-6,11H,1-4,8-10H2. The Labute approximate surface area is 140 Å². The highest BCUT2D eigenvalue weighted by atomic mass is 35.5. The predicted molar refractivity (Wildman–Crippen MR) is 84.6 cm³/mol. The number of esters is 1. The second-order valence-corrected chi connectivity index (χ2v) is 7.47. The molecule has 0 N–H and O–H groups in total. The van der Waals surface area contributed by atoms with Crippen molar-refractivity contribution in [3.8, 4) is 6.07 Å². The Morgan fingerprint density at radius 2 is 2.04 bits per heavy atom. The number of carbonyl (C=O) groups is 1. The number of halogens is 1. The number of hydrogen-bond acceptors (Lipinski definition) is 5. The van der Waals surface area contributed by atoms with Crippen LogP contribution in [0.5, 0.6) is 0 Å². The number of hydrogen-bond donors (Lipinski definition) is 0. The van der Waals surface area contributed by atoms with Gasteiger partial charge in [0.25, 0.3) is 0 Å². The smallest absolute Gasteiger partial charge is 0.338 e. The molecule has 1 aromatic carbocycles. The zero-order valence-electron chi connectivity index (χ0n) is 12.5. The van der Waals surface area contributed by atoms with Crippen LogP contribution in [-0.2, 0) is 14.8 Å². The van der Waals surface area contributed by atoms with Crippen LogP contribution in [0.15, 0.2) is 23.1 Å². The second kappa shape index (κ2) is 7.77. The van der Waals surface area contributed by atoms with Gasteiger partial charge in [-0.15, -0.1) is 0 Å². The number of ether oxygens (including phenoxy) is 1. The number of carbonyl (C=O) groups excluding carboxylic acids is 1. The van der Waals surface area contributed by atoms with Crippen molar-refractivity contribution in [1.29, 1.82) is 5.26 Å². The Morgan fingerprint density at radius 3 is 2.70 bits per heavy atom. The first kappa shape index (κ1) is 17.7. The zero-order chi connectivity index (χ0) is 16.9. The van der Waals surface area contributed by atoms with Crippen LogP contribution in [0.25, 0.3) is 0 Å². The fourth-order valence-electron chi connectivity index (χ4n) is 2.29. The molecule has 8 heteroatoms. The molecular weight excluding hydrogens is 340 g/mol. The van der Waals surface area contributed by atoms with Crippen molar-refractivity contribution >= 4 is 27.6 Å². The monoisotopic (exact) mass is 356 g/mol. The molecule has 0 amide bonds. The number of sulfonamides is 1. The van der Waals surface area contributed by atoms with Gasteiger partial charge in [-0.3, -0.25) is 0 Å². The molecule has 6 nitrogen and oxygen atoms in total. The zero-order valence-corrected chi connectivity index (χ0v) is 14.1. The van der Waals surface area contributed by atoms with Crippen molar-refractivity contribution in [3.63, 3.8) is 0 Å². The first-order chi connectivity index (χ1) is 11.0. The van der Waals surface area contributed by atoms with E-state index < -0.39 is 16.0 Å². The summed E-state index contributed by atoms with van der Waals surface area (Å²) in [5, 5.41) is 8.51. The highest BCUT2D eigenvalue weighted by Crippen LogP contribution is 2.28. The van der Waals surface area contributed by atoms with Crippen LogP contribution in [0.2, 0.25) is 5.02 Å². The van der Waals surface area contributed by atoms with E-state index in [4.69, 9.17) is 21.6 Å². The van der Waals surface area contributed by atoms with Crippen molar-refractivity contribution in [1.82, 2.24) is 4.31 Å². The maximum absolute atomic E-state index is 12.6. The molecule has 1 heterocycles. The summed E-state index contributed by atoms with van der Waals surface area (Å²) in [6.07, 6.45) is 2.37. The van der Waals surface area contributed by atoms with Crippen molar-refractivity contribution in [2.75, 3.05) is 19.7 Å². The van der Waals surface area contributed by atoms with Crippen LogP contribution in [0.4, 0.5) is 0 Å². The van der Waals surface area contributed by atoms with Crippen LogP contribution in [0.1, 0.15) is 36.0 Å². The van der Waals surface area contributed by atoms with E-state index in [0.717, 1.165) is 12.8 Å². The van der Waals surface area contributed by atoms with E-state index in [9.17, 15) is 13.2 Å². The van der Waals surface area contributed by atoms with E-state index in [2.05, 4.69) is 0 Å². The molecule has 0 bridgehead atoms. The van der Waals surface area contributed by atoms with Crippen LogP contribution < -0.4 is 0 Å². The minimum Gasteiger partial charge on any atom is -0.462 e. The fraction of sp³-hybridized carbons (Fsp3) is 0.467. The molecular formula is C15H17ClN2O4S. The molecule has 2 rings (SSSR count). The van der Waals surface area contributed by atoms with Crippen LogP contribution in [-0.4, -0.2) is 38.4 Å². The van der Waals surface area contributed by atoms with Gasteiger partial charge in [-0.1, -0.05) is 11.6 Å². The van der Waals surface area contributed by atoms with Crippen molar-refractivity contribution in [2.24, 2.45) is 0 Å². The molecule has 23 heavy (non-hydrogen) atoms. The topological polar surface area (TPSA) is 87.5 Å². The summed E-state index contributed by atoms with van der Waals surface area (Å²) in [4.78, 5) is 11.9. The summed E-state index contributed by atoms with van der Waals surface area (Å²) >= 11 is 6.02. The Kier molecular flexibility index (Phi) is 5.99. The van der Waals surface area contributed by atoms with Gasteiger partial charge in [0.05, 0.1) is 23.3 Å². The molecule has 0 radical (unpaired) electrons. The normalized spacial score (nSPS) is 15.3. The molecule has 1 saturated heterocycles. The Hall–Kier alpha value is -1.62. The number of unbranched alkanes of at least 4 members (excludes halogenated alkanes) is 1. The minimum atomic E-state index is -3.70. The lowest BCUT2D eigenvalue weighted by atomic mass is 10.2. The maximum Gasteiger partial charge on any atom is 0.338 e. The van der Waals surface area contributed by atoms with Gasteiger partial charge in [0.1, 0.15) is 4.90 Å². The quantitative estimate of drug-likeness (QED) is 0.577. The minimum absolute atomic E-state index is 0.0764. The SMILES string of the molecule is N#CCCCOC(=O)c1ccc(Cl)c(S(=O)(=O)N2CCCC2)c1. The van der Waals surface area contributed by atoms with E-state index in [1.165, 1.54) is 22.5 Å². The van der Waals surface area contributed by atoms with Crippen molar-refractivity contribution < 1.29 is 17.9 Å². The first-order valence-corrected chi connectivity index (χ1v) is 9.12. The summed E-state index contributed by atoms with van der Waals surface area (Å²) in [5.74, 6) is -0.627. The molecule has 0 aliphatic carbocycles. The molecule has 0 aromatic heterocycles. The molecule has 0 spiro atoms. The average Bonchev–Trinajstić information content (AvgIpc) is 3.07. The van der Waals surface area contributed by atoms with Crippen LogP contribution in [0, 0.1) is 11.3 Å². The third-order valence-electron chi connectivity index (χ3n) is 3.52. The van der Waals surface area contributed by atoms with Gasteiger partial charge in [-0.25, -0.2) is 13.2 Å². The Morgan fingerprint density at radius 1 is 1.35 bits per heavy atom. The van der Waals surface area contributed by atoms with E-state index in [0.29, 0.717) is 25.9 Å². The van der Waals surface area contributed by atoms with Crippen LogP contribution in [0.3, 0.4) is 0 Å². The lowest BCUT2D eigenvalue weighted by Crippen LogP contribution is -2.28. The van der Waals surface area contributed by atoms with Gasteiger partial charge < -0.3 is 4.74 Å². The number of rotatable bonds is 6. The molecule has 1 aromatic rings. The third-order valence-corrected chi connectivity index (χ3v) is 5.90. The Balaban J connectivity index is 2.19. The Bertz CT molecular complexity index is 721. The van der Waals surface area contributed by atoms with Gasteiger partial charge in [0, 0.05) is 19.5 Å². The number of benzene rings is 1. The number of nitrogens with zero attached hydrogens (tertiary/aromatic N) is 2. The highest BCUT2D eigenvalue weighted by Gasteiger charge is 2.29. The summed E-state index contributed by atoms with van der Waals surface area (Å²) in [5.41, 5.74) is 0.129. The number of nitriles is 1. The average molecular weight is 357 g/mol. The summed E-state index contributed by atoms with van der Waals surface area (Å²) in [7, 11) is -3.70. The van der Waals surface area contributed by atoms with Gasteiger partial charge in [-0.05, 0) is 37.5 Å². The maximum atomic E-state index is 12.6. The van der Waals surface area contributed by atoms with Gasteiger partial charge in [-0.2, -0.15) is 9.57 Å². The van der Waals surface area contributed by atoms with E-state index >= 15 is 0 Å². The summed E-state index contributed by atoms with van der Waals surface area (Å²) in [6, 6.07) is 6.02. The molecule has 0 unspecified atom stereocenters. The van der Waals surface area contributed by atoms with Gasteiger partial charge in [0.2, 0.25) is 10.0 Å². The molecule has 1 aliphatic rings. The van der Waals surface area contributed by atoms with Gasteiger partial charge >= 0.3 is 5.97 Å². The molecule has 1 fully saturated rings. The molecule has 1 aliphatic heterocycles. The van der Waals surface area contributed by atoms with Crippen molar-refractivity contribution in [3.05, 3.63) is 28.8 Å². The predicted octanol–water partition coefficient (Wildman–Crippen LogP) is 2.59. The summed E-state index contributed by atoms with van der Waals surface area (Å²) in [6.45, 7) is 1.03. The second-order valence-electron chi connectivity index (χ2n) is 5.15. The fourth-order valence-corrected chi connectivity index (χ4v) is 4.31. The molecule has 124 valence electrons. The van der Waals surface area contributed by atoms with E-state index in [1.54, 1.807) is 0 Å². The summed E-state index contributed by atoms with van der Waals surface area (Å²) < 4.78 is 31.6. The van der Waals surface area contributed by atoms with Gasteiger partial charge in [0.15, 0.2) is 0 Å². The lowest BCUT2D eigenvalue weighted by molar-refractivity contribution is 0.0501.